The molecule has 2 aromatic rings. The fourth-order valence-corrected chi connectivity index (χ4v) is 2.69. The Balaban J connectivity index is 1.72. The SMILES string of the molecule is CC(Oc1ccc([N+](=O)[O-])cc1)C(=O)NNC(=O)CCC(=O)Nc1ccc(Cl)cc1Cl. The van der Waals surface area contributed by atoms with Gasteiger partial charge in [0.15, 0.2) is 6.10 Å². The van der Waals surface area contributed by atoms with E-state index in [1.807, 2.05) is 0 Å². The van der Waals surface area contributed by atoms with Crippen LogP contribution in [0.2, 0.25) is 10.0 Å². The van der Waals surface area contributed by atoms with Crippen molar-refractivity contribution in [3.63, 3.8) is 0 Å². The molecule has 0 saturated heterocycles. The topological polar surface area (TPSA) is 140 Å². The van der Waals surface area contributed by atoms with E-state index in [2.05, 4.69) is 16.2 Å². The molecule has 0 radical (unpaired) electrons. The molecule has 3 amide bonds. The summed E-state index contributed by atoms with van der Waals surface area (Å²) in [5.41, 5.74) is 4.61. The maximum absolute atomic E-state index is 12.0. The van der Waals surface area contributed by atoms with Crippen molar-refractivity contribution in [2.24, 2.45) is 0 Å². The summed E-state index contributed by atoms with van der Waals surface area (Å²) >= 11 is 11.7. The molecule has 0 saturated carbocycles. The van der Waals surface area contributed by atoms with Gasteiger partial charge in [0.05, 0.1) is 15.6 Å². The number of carbonyl (C=O) groups is 3. The Bertz CT molecular complexity index is 984. The van der Waals surface area contributed by atoms with Gasteiger partial charge in [0.1, 0.15) is 5.75 Å². The first-order chi connectivity index (χ1) is 14.7. The predicted octanol–water partition coefficient (Wildman–Crippen LogP) is 3.24. The van der Waals surface area contributed by atoms with Crippen molar-refractivity contribution in [1.29, 1.82) is 0 Å². The van der Waals surface area contributed by atoms with Gasteiger partial charge in [0.25, 0.3) is 11.6 Å². The minimum atomic E-state index is -0.989. The Hall–Kier alpha value is -3.37. The van der Waals surface area contributed by atoms with Crippen molar-refractivity contribution in [2.45, 2.75) is 25.9 Å². The maximum Gasteiger partial charge on any atom is 0.279 e. The summed E-state index contributed by atoms with van der Waals surface area (Å²) in [4.78, 5) is 45.9. The first-order valence-corrected chi connectivity index (χ1v) is 9.66. The lowest BCUT2D eigenvalue weighted by molar-refractivity contribution is -0.384. The molecule has 1 atom stereocenters. The zero-order valence-electron chi connectivity index (χ0n) is 16.2. The molecule has 31 heavy (non-hydrogen) atoms. The smallest absolute Gasteiger partial charge is 0.279 e. The number of non-ortho nitro benzene ring substituents is 1. The molecule has 10 nitrogen and oxygen atoms in total. The van der Waals surface area contributed by atoms with Crippen molar-refractivity contribution in [2.75, 3.05) is 5.32 Å². The second-order valence-electron chi connectivity index (χ2n) is 6.22. The lowest BCUT2D eigenvalue weighted by Gasteiger charge is -2.15. The number of halogens is 2. The quantitative estimate of drug-likeness (QED) is 0.401. The highest BCUT2D eigenvalue weighted by Gasteiger charge is 2.16. The van der Waals surface area contributed by atoms with Crippen molar-refractivity contribution in [3.8, 4) is 5.75 Å². The summed E-state index contributed by atoms with van der Waals surface area (Å²) in [5.74, 6) is -1.44. The lowest BCUT2D eigenvalue weighted by Crippen LogP contribution is -2.47. The largest absolute Gasteiger partial charge is 0.481 e. The van der Waals surface area contributed by atoms with Crippen LogP contribution in [0.15, 0.2) is 42.5 Å². The Morgan fingerprint density at radius 3 is 2.29 bits per heavy atom. The van der Waals surface area contributed by atoms with Crippen LogP contribution in [0, 0.1) is 10.1 Å². The van der Waals surface area contributed by atoms with Crippen LogP contribution < -0.4 is 20.9 Å². The standard InChI is InChI=1S/C19H18Cl2N4O6/c1-11(31-14-5-3-13(4-6-14)25(29)30)19(28)24-23-18(27)9-8-17(26)22-16-7-2-12(20)10-15(16)21/h2-7,10-11H,8-9H2,1H3,(H,22,26)(H,23,27)(H,24,28). The number of benzene rings is 2. The second kappa shape index (κ2) is 11.1. The fraction of sp³-hybridized carbons (Fsp3) is 0.211. The molecule has 0 aliphatic carbocycles. The number of carbonyl (C=O) groups excluding carboxylic acids is 3. The van der Waals surface area contributed by atoms with Crippen LogP contribution in [0.5, 0.6) is 5.75 Å². The molecule has 2 aromatic carbocycles. The number of nitrogens with one attached hydrogen (secondary N) is 3. The van der Waals surface area contributed by atoms with E-state index in [0.29, 0.717) is 10.7 Å². The number of rotatable bonds is 8. The van der Waals surface area contributed by atoms with Gasteiger partial charge in [-0.1, -0.05) is 23.2 Å². The molecule has 12 heteroatoms. The number of hydrogen-bond acceptors (Lipinski definition) is 6. The van der Waals surface area contributed by atoms with Crippen molar-refractivity contribution in [3.05, 3.63) is 62.6 Å². The monoisotopic (exact) mass is 468 g/mol. The average Bonchev–Trinajstić information content (AvgIpc) is 2.72. The lowest BCUT2D eigenvalue weighted by atomic mass is 10.2. The van der Waals surface area contributed by atoms with Gasteiger partial charge in [0.2, 0.25) is 11.8 Å². The number of amides is 3. The van der Waals surface area contributed by atoms with Crippen LogP contribution >= 0.6 is 23.2 Å². The van der Waals surface area contributed by atoms with Gasteiger partial charge in [-0.3, -0.25) is 35.3 Å². The number of ether oxygens (including phenoxy) is 1. The molecule has 0 fully saturated rings. The Labute approximate surface area is 187 Å². The van der Waals surface area contributed by atoms with Gasteiger partial charge in [-0.15, -0.1) is 0 Å². The van der Waals surface area contributed by atoms with Gasteiger partial charge in [-0.25, -0.2) is 0 Å². The third kappa shape index (κ3) is 7.76. The molecule has 164 valence electrons. The normalized spacial score (nSPS) is 11.2. The molecule has 0 aliphatic heterocycles. The van der Waals surface area contributed by atoms with Crippen LogP contribution in [0.25, 0.3) is 0 Å². The third-order valence-electron chi connectivity index (χ3n) is 3.84. The van der Waals surface area contributed by atoms with E-state index in [1.165, 1.54) is 43.3 Å². The minimum Gasteiger partial charge on any atom is -0.481 e. The summed E-state index contributed by atoms with van der Waals surface area (Å²) in [5, 5.41) is 13.9. The van der Waals surface area contributed by atoms with E-state index in [-0.39, 0.29) is 29.3 Å². The number of anilines is 1. The number of nitrogens with zero attached hydrogens (tertiary/aromatic N) is 1. The molecular formula is C19H18Cl2N4O6. The zero-order valence-corrected chi connectivity index (χ0v) is 17.7. The van der Waals surface area contributed by atoms with Crippen LogP contribution in [0.3, 0.4) is 0 Å². The Kier molecular flexibility index (Phi) is 8.59. The molecule has 0 bridgehead atoms. The molecule has 1 unspecified atom stereocenters. The number of hydrazine groups is 1. The van der Waals surface area contributed by atoms with Crippen molar-refractivity contribution in [1.82, 2.24) is 10.9 Å². The molecule has 0 aromatic heterocycles. The summed E-state index contributed by atoms with van der Waals surface area (Å²) in [6.07, 6.45) is -1.32. The zero-order chi connectivity index (χ0) is 23.0. The molecule has 0 spiro atoms. The highest BCUT2D eigenvalue weighted by atomic mass is 35.5. The van der Waals surface area contributed by atoms with E-state index in [9.17, 15) is 24.5 Å². The first-order valence-electron chi connectivity index (χ1n) is 8.90. The Morgan fingerprint density at radius 1 is 1.03 bits per heavy atom. The summed E-state index contributed by atoms with van der Waals surface area (Å²) in [6, 6.07) is 9.76. The highest BCUT2D eigenvalue weighted by molar-refractivity contribution is 6.36. The van der Waals surface area contributed by atoms with Gasteiger partial charge in [0, 0.05) is 30.0 Å². The van der Waals surface area contributed by atoms with E-state index in [1.54, 1.807) is 6.07 Å². The maximum atomic E-state index is 12.0. The first kappa shape index (κ1) is 23.9. The van der Waals surface area contributed by atoms with Gasteiger partial charge < -0.3 is 10.1 Å². The van der Waals surface area contributed by atoms with Crippen LogP contribution in [0.4, 0.5) is 11.4 Å². The van der Waals surface area contributed by atoms with E-state index in [0.717, 1.165) is 0 Å². The second-order valence-corrected chi connectivity index (χ2v) is 7.06. The van der Waals surface area contributed by atoms with E-state index >= 15 is 0 Å². The van der Waals surface area contributed by atoms with Crippen molar-refractivity contribution >= 4 is 52.3 Å². The molecular weight excluding hydrogens is 451 g/mol. The predicted molar refractivity (Wildman–Crippen MR) is 114 cm³/mol. The van der Waals surface area contributed by atoms with E-state index in [4.69, 9.17) is 27.9 Å². The highest BCUT2D eigenvalue weighted by Crippen LogP contribution is 2.25. The van der Waals surface area contributed by atoms with Gasteiger partial charge in [-0.2, -0.15) is 0 Å². The minimum absolute atomic E-state index is 0.112. The summed E-state index contributed by atoms with van der Waals surface area (Å²) in [6.45, 7) is 1.44. The van der Waals surface area contributed by atoms with Crippen molar-refractivity contribution < 1.29 is 24.0 Å². The summed E-state index contributed by atoms with van der Waals surface area (Å²) < 4.78 is 5.36. The van der Waals surface area contributed by atoms with Gasteiger partial charge >= 0.3 is 0 Å². The molecule has 0 aliphatic rings. The molecule has 2 rings (SSSR count). The van der Waals surface area contributed by atoms with Crippen LogP contribution in [-0.4, -0.2) is 28.7 Å². The van der Waals surface area contributed by atoms with Crippen LogP contribution in [0.1, 0.15) is 19.8 Å². The molecule has 0 heterocycles. The Morgan fingerprint density at radius 2 is 1.68 bits per heavy atom. The molecule has 3 N–H and O–H groups in total. The van der Waals surface area contributed by atoms with E-state index < -0.39 is 28.7 Å². The van der Waals surface area contributed by atoms with Gasteiger partial charge in [-0.05, 0) is 37.3 Å². The van der Waals surface area contributed by atoms with Crippen LogP contribution in [-0.2, 0) is 14.4 Å². The number of hydrogen-bond donors (Lipinski definition) is 3. The average molecular weight is 469 g/mol. The number of nitro groups is 1. The summed E-state index contributed by atoms with van der Waals surface area (Å²) in [7, 11) is 0. The third-order valence-corrected chi connectivity index (χ3v) is 4.39. The fourth-order valence-electron chi connectivity index (χ4n) is 2.23. The number of nitro benzene ring substituents is 1.